The van der Waals surface area contributed by atoms with E-state index >= 15 is 0 Å². The summed E-state index contributed by atoms with van der Waals surface area (Å²) in [6.07, 6.45) is -5.17. The van der Waals surface area contributed by atoms with Crippen molar-refractivity contribution in [1.29, 1.82) is 0 Å². The fraction of sp³-hybridized carbons (Fsp3) is 0.333. The van der Waals surface area contributed by atoms with Crippen molar-refractivity contribution in [2.24, 2.45) is 4.99 Å². The molecule has 0 spiro atoms. The number of amidine groups is 1. The van der Waals surface area contributed by atoms with Gasteiger partial charge < -0.3 is 9.57 Å². The monoisotopic (exact) mass is 424 g/mol. The van der Waals surface area contributed by atoms with Gasteiger partial charge in [-0.25, -0.2) is 9.18 Å². The minimum Gasteiger partial charge on any atom is -0.369 e. The number of hydroxylamine groups is 2. The van der Waals surface area contributed by atoms with Gasteiger partial charge in [-0.3, -0.25) is 4.99 Å². The number of nitrogens with zero attached hydrogens (tertiary/aromatic N) is 2. The van der Waals surface area contributed by atoms with Crippen LogP contribution in [0.2, 0.25) is 0 Å². The maximum Gasteiger partial charge on any atom is 0.493 e. The van der Waals surface area contributed by atoms with E-state index in [-0.39, 0.29) is 19.0 Å². The van der Waals surface area contributed by atoms with Crippen LogP contribution in [0.5, 0.6) is 0 Å². The van der Waals surface area contributed by atoms with Crippen LogP contribution in [0.3, 0.4) is 0 Å². The molecule has 0 saturated heterocycles. The van der Waals surface area contributed by atoms with E-state index in [0.717, 1.165) is 5.06 Å². The van der Waals surface area contributed by atoms with Gasteiger partial charge >= 0.3 is 12.1 Å². The first-order chi connectivity index (χ1) is 14.1. The Kier molecular flexibility index (Phi) is 6.12. The number of aliphatic imine (C=N–C) groups is 1. The Hall–Kier alpha value is -2.94. The second-order valence-electron chi connectivity index (χ2n) is 7.32. The molecule has 1 unspecified atom stereocenters. The summed E-state index contributed by atoms with van der Waals surface area (Å²) < 4.78 is 57.4. The molecule has 1 atom stereocenters. The van der Waals surface area contributed by atoms with Gasteiger partial charge in [0.05, 0.1) is 12.1 Å². The number of carbonyl (C=O) groups is 1. The average molecular weight is 424 g/mol. The molecule has 0 aliphatic carbocycles. The van der Waals surface area contributed by atoms with Gasteiger partial charge in [0.1, 0.15) is 18.5 Å². The number of hydrogen-bond acceptors (Lipinski definition) is 5. The molecule has 0 fully saturated rings. The molecule has 1 aliphatic heterocycles. The SMILES string of the molecule is CC1(C)N=C(COCc2cccc(F)c2)N(OC(=O)C(F)(F)F)C1c1ccccc1. The van der Waals surface area contributed by atoms with E-state index in [1.807, 2.05) is 0 Å². The van der Waals surface area contributed by atoms with E-state index in [2.05, 4.69) is 4.99 Å². The minimum absolute atomic E-state index is 0.00820. The van der Waals surface area contributed by atoms with Crippen LogP contribution in [0.1, 0.15) is 31.0 Å². The van der Waals surface area contributed by atoms with Crippen LogP contribution >= 0.6 is 0 Å². The third kappa shape index (κ3) is 4.96. The molecule has 0 bridgehead atoms. The van der Waals surface area contributed by atoms with Crippen molar-refractivity contribution in [3.63, 3.8) is 0 Å². The van der Waals surface area contributed by atoms with Crippen LogP contribution in [0.15, 0.2) is 59.6 Å². The summed E-state index contributed by atoms with van der Waals surface area (Å²) in [7, 11) is 0. The molecule has 5 nitrogen and oxygen atoms in total. The Morgan fingerprint density at radius 3 is 2.43 bits per heavy atom. The van der Waals surface area contributed by atoms with Crippen molar-refractivity contribution >= 4 is 11.8 Å². The first-order valence-electron chi connectivity index (χ1n) is 9.12. The molecule has 0 saturated carbocycles. The molecule has 3 rings (SSSR count). The highest BCUT2D eigenvalue weighted by atomic mass is 19.4. The van der Waals surface area contributed by atoms with Crippen molar-refractivity contribution in [2.75, 3.05) is 6.61 Å². The van der Waals surface area contributed by atoms with E-state index in [4.69, 9.17) is 9.57 Å². The standard InChI is InChI=1S/C21H20F4N2O3/c1-20(2)18(15-8-4-3-5-9-15)27(30-19(28)21(23,24)25)17(26-20)13-29-12-14-7-6-10-16(22)11-14/h3-11,18H,12-13H2,1-2H3. The number of carbonyl (C=O) groups excluding carboxylic acids is 1. The van der Waals surface area contributed by atoms with E-state index in [0.29, 0.717) is 11.1 Å². The number of alkyl halides is 3. The van der Waals surface area contributed by atoms with Gasteiger partial charge in [-0.15, -0.1) is 0 Å². The molecular weight excluding hydrogens is 404 g/mol. The zero-order chi connectivity index (χ0) is 21.9. The fourth-order valence-electron chi connectivity index (χ4n) is 3.29. The van der Waals surface area contributed by atoms with E-state index < -0.39 is 29.5 Å². The third-order valence-corrected chi connectivity index (χ3v) is 4.49. The largest absolute Gasteiger partial charge is 0.493 e. The van der Waals surface area contributed by atoms with Crippen LogP contribution in [-0.4, -0.2) is 35.2 Å². The second-order valence-corrected chi connectivity index (χ2v) is 7.32. The summed E-state index contributed by atoms with van der Waals surface area (Å²) >= 11 is 0. The molecule has 9 heteroatoms. The lowest BCUT2D eigenvalue weighted by Crippen LogP contribution is -2.42. The highest BCUT2D eigenvalue weighted by Crippen LogP contribution is 2.41. The van der Waals surface area contributed by atoms with Gasteiger partial charge in [-0.2, -0.15) is 18.2 Å². The Morgan fingerprint density at radius 1 is 1.10 bits per heavy atom. The lowest BCUT2D eigenvalue weighted by Gasteiger charge is -2.32. The quantitative estimate of drug-likeness (QED) is 0.637. The molecule has 1 heterocycles. The molecule has 0 aromatic heterocycles. The second kappa shape index (κ2) is 8.43. The van der Waals surface area contributed by atoms with Crippen molar-refractivity contribution in [1.82, 2.24) is 5.06 Å². The summed E-state index contributed by atoms with van der Waals surface area (Å²) in [6, 6.07) is 13.6. The van der Waals surface area contributed by atoms with E-state index in [1.165, 1.54) is 18.2 Å². The molecule has 30 heavy (non-hydrogen) atoms. The van der Waals surface area contributed by atoms with Gasteiger partial charge in [0.25, 0.3) is 0 Å². The summed E-state index contributed by atoms with van der Waals surface area (Å²) in [4.78, 5) is 20.7. The summed E-state index contributed by atoms with van der Waals surface area (Å²) in [5.74, 6) is -2.75. The first-order valence-corrected chi connectivity index (χ1v) is 9.12. The Morgan fingerprint density at radius 2 is 1.80 bits per heavy atom. The summed E-state index contributed by atoms with van der Waals surface area (Å²) in [5.41, 5.74) is 0.276. The summed E-state index contributed by atoms with van der Waals surface area (Å²) in [5, 5.41) is 0.858. The molecule has 1 aliphatic rings. The Balaban J connectivity index is 1.82. The van der Waals surface area contributed by atoms with Crippen molar-refractivity contribution in [2.45, 2.75) is 38.2 Å². The highest BCUT2D eigenvalue weighted by Gasteiger charge is 2.49. The van der Waals surface area contributed by atoms with Crippen LogP contribution in [0.25, 0.3) is 0 Å². The van der Waals surface area contributed by atoms with Gasteiger partial charge in [0.15, 0.2) is 5.84 Å². The van der Waals surface area contributed by atoms with Gasteiger partial charge in [0, 0.05) is 0 Å². The molecule has 0 N–H and O–H groups in total. The van der Waals surface area contributed by atoms with Crippen molar-refractivity contribution < 1.29 is 31.9 Å². The molecule has 160 valence electrons. The molecule has 2 aromatic rings. The van der Waals surface area contributed by atoms with Gasteiger partial charge in [-0.05, 0) is 37.1 Å². The number of halogens is 4. The van der Waals surface area contributed by atoms with Crippen LogP contribution < -0.4 is 0 Å². The first kappa shape index (κ1) is 21.8. The maximum atomic E-state index is 13.3. The zero-order valence-electron chi connectivity index (χ0n) is 16.3. The van der Waals surface area contributed by atoms with Crippen LogP contribution in [-0.2, 0) is 21.0 Å². The van der Waals surface area contributed by atoms with Crippen LogP contribution in [0, 0.1) is 5.82 Å². The normalized spacial score (nSPS) is 18.3. The lowest BCUT2D eigenvalue weighted by molar-refractivity contribution is -0.231. The fourth-order valence-corrected chi connectivity index (χ4v) is 3.29. The molecule has 0 radical (unpaired) electrons. The zero-order valence-corrected chi connectivity index (χ0v) is 16.3. The lowest BCUT2D eigenvalue weighted by atomic mass is 9.90. The highest BCUT2D eigenvalue weighted by molar-refractivity contribution is 5.87. The number of rotatable bonds is 6. The number of hydrogen-bond donors (Lipinski definition) is 0. The molecule has 2 aromatic carbocycles. The molecule has 0 amide bonds. The third-order valence-electron chi connectivity index (χ3n) is 4.49. The van der Waals surface area contributed by atoms with E-state index in [1.54, 1.807) is 50.2 Å². The Bertz CT molecular complexity index is 929. The van der Waals surface area contributed by atoms with Gasteiger partial charge in [0.2, 0.25) is 0 Å². The van der Waals surface area contributed by atoms with E-state index in [9.17, 15) is 22.4 Å². The van der Waals surface area contributed by atoms with Crippen molar-refractivity contribution in [3.8, 4) is 0 Å². The topological polar surface area (TPSA) is 51.1 Å². The van der Waals surface area contributed by atoms with Gasteiger partial charge in [-0.1, -0.05) is 42.5 Å². The number of ether oxygens (including phenoxy) is 1. The van der Waals surface area contributed by atoms with Crippen LogP contribution in [0.4, 0.5) is 17.6 Å². The maximum absolute atomic E-state index is 13.3. The predicted octanol–water partition coefficient (Wildman–Crippen LogP) is 4.60. The minimum atomic E-state index is -5.17. The Labute approximate surface area is 170 Å². The molecular formula is C21H20F4N2O3. The average Bonchev–Trinajstić information content (AvgIpc) is 2.91. The van der Waals surface area contributed by atoms with Crippen molar-refractivity contribution in [3.05, 3.63) is 71.5 Å². The smallest absolute Gasteiger partial charge is 0.369 e. The number of benzene rings is 2. The predicted molar refractivity (Wildman–Crippen MR) is 101 cm³/mol. The summed E-state index contributed by atoms with van der Waals surface area (Å²) in [6.45, 7) is 3.22.